The van der Waals surface area contributed by atoms with Crippen molar-refractivity contribution in [3.8, 4) is 0 Å². The molecule has 1 N–H and O–H groups in total. The molecule has 1 aliphatic carbocycles. The Kier molecular flexibility index (Phi) is 5.82. The number of rotatable bonds is 5. The molecule has 2 atom stereocenters. The molecule has 1 fully saturated rings. The number of Topliss-reactive ketones (excluding diaryl/α,β-unsaturated/α-hetero) is 2. The first-order valence-electron chi connectivity index (χ1n) is 10.7. The fourth-order valence-corrected chi connectivity index (χ4v) is 4.38. The molecule has 168 valence electrons. The number of anilines is 1. The fourth-order valence-electron chi connectivity index (χ4n) is 4.38. The Hall–Kier alpha value is -3.49. The Morgan fingerprint density at radius 1 is 1.25 bits per heavy atom. The summed E-state index contributed by atoms with van der Waals surface area (Å²) in [4.78, 5) is 51.3. The highest BCUT2D eigenvalue weighted by Gasteiger charge is 2.35. The largest absolute Gasteiger partial charge is 0.442 e. The number of carbonyl (C=O) groups excluding carboxylic acids is 4. The van der Waals surface area contributed by atoms with Gasteiger partial charge in [-0.05, 0) is 56.0 Å². The lowest BCUT2D eigenvalue weighted by atomic mass is 9.89. The number of carbonyl (C=O) groups is 4. The molecule has 0 unspecified atom stereocenters. The third kappa shape index (κ3) is 4.15. The molecular weight excluding hydrogens is 412 g/mol. The number of benzene rings is 1. The lowest BCUT2D eigenvalue weighted by Crippen LogP contribution is -2.33. The minimum absolute atomic E-state index is 0.187. The summed E-state index contributed by atoms with van der Waals surface area (Å²) >= 11 is 0. The minimum Gasteiger partial charge on any atom is -0.442 e. The van der Waals surface area contributed by atoms with E-state index in [0.29, 0.717) is 42.8 Å². The van der Waals surface area contributed by atoms with Gasteiger partial charge in [0.1, 0.15) is 11.8 Å². The normalized spacial score (nSPS) is 20.5. The van der Waals surface area contributed by atoms with Crippen molar-refractivity contribution in [3.63, 3.8) is 0 Å². The Morgan fingerprint density at radius 2 is 2.03 bits per heavy atom. The van der Waals surface area contributed by atoms with Crippen molar-refractivity contribution in [2.75, 3.05) is 18.0 Å². The van der Waals surface area contributed by atoms with E-state index < -0.39 is 18.1 Å². The van der Waals surface area contributed by atoms with Crippen LogP contribution in [0.2, 0.25) is 0 Å². The summed E-state index contributed by atoms with van der Waals surface area (Å²) in [5.74, 6) is -1.33. The monoisotopic (exact) mass is 438 g/mol. The van der Waals surface area contributed by atoms with Crippen molar-refractivity contribution in [3.05, 3.63) is 46.8 Å². The Balaban J connectivity index is 1.55. The van der Waals surface area contributed by atoms with Crippen molar-refractivity contribution < 1.29 is 23.9 Å². The van der Waals surface area contributed by atoms with E-state index in [-0.39, 0.29) is 24.0 Å². The third-order valence-electron chi connectivity index (χ3n) is 5.95. The first-order chi connectivity index (χ1) is 15.2. The summed E-state index contributed by atoms with van der Waals surface area (Å²) in [6.45, 7) is 3.78. The quantitative estimate of drug-likeness (QED) is 0.435. The van der Waals surface area contributed by atoms with E-state index in [1.54, 1.807) is 25.2 Å². The summed E-state index contributed by atoms with van der Waals surface area (Å²) in [6.07, 6.45) is 0.874. The Bertz CT molecular complexity index is 1110. The van der Waals surface area contributed by atoms with Crippen molar-refractivity contribution in [2.24, 2.45) is 13.0 Å². The molecule has 2 amide bonds. The van der Waals surface area contributed by atoms with Crippen LogP contribution in [0, 0.1) is 12.8 Å². The number of cyclic esters (lactones) is 1. The molecule has 0 saturated carbocycles. The SMILES string of the molecule is CC(=O)NC[C@H]1CN(c2ccc3c(c2)CCC[C@@H](C(=O)c2cc(C)nn2C)C3=O)C(=O)O1. The lowest BCUT2D eigenvalue weighted by molar-refractivity contribution is -0.119. The molecule has 1 aromatic heterocycles. The number of fused-ring (bicyclic) bond motifs is 1. The number of nitrogens with one attached hydrogen (secondary N) is 1. The Labute approximate surface area is 185 Å². The molecular formula is C23H26N4O5. The predicted molar refractivity (Wildman–Crippen MR) is 116 cm³/mol. The van der Waals surface area contributed by atoms with E-state index in [4.69, 9.17) is 4.74 Å². The Morgan fingerprint density at radius 3 is 2.72 bits per heavy atom. The molecule has 32 heavy (non-hydrogen) atoms. The van der Waals surface area contributed by atoms with Crippen LogP contribution in [0.5, 0.6) is 0 Å². The fraction of sp³-hybridized carbons (Fsp3) is 0.435. The van der Waals surface area contributed by atoms with Gasteiger partial charge >= 0.3 is 6.09 Å². The number of nitrogens with zero attached hydrogens (tertiary/aromatic N) is 3. The van der Waals surface area contributed by atoms with Crippen LogP contribution < -0.4 is 10.2 Å². The number of hydrogen-bond acceptors (Lipinski definition) is 6. The average Bonchev–Trinajstić information content (AvgIpc) is 3.24. The highest BCUT2D eigenvalue weighted by Crippen LogP contribution is 2.31. The van der Waals surface area contributed by atoms with Gasteiger partial charge in [-0.15, -0.1) is 0 Å². The molecule has 1 saturated heterocycles. The molecule has 2 aromatic rings. The van der Waals surface area contributed by atoms with E-state index in [1.165, 1.54) is 16.5 Å². The van der Waals surface area contributed by atoms with Crippen LogP contribution >= 0.6 is 0 Å². The maximum atomic E-state index is 13.3. The summed E-state index contributed by atoms with van der Waals surface area (Å²) in [5, 5.41) is 6.88. The molecule has 1 aliphatic heterocycles. The van der Waals surface area contributed by atoms with Crippen molar-refractivity contribution >= 4 is 29.3 Å². The van der Waals surface area contributed by atoms with Crippen LogP contribution in [-0.4, -0.2) is 52.5 Å². The number of aromatic nitrogens is 2. The van der Waals surface area contributed by atoms with Gasteiger partial charge in [0.2, 0.25) is 5.91 Å². The smallest absolute Gasteiger partial charge is 0.414 e. The molecule has 2 heterocycles. The van der Waals surface area contributed by atoms with E-state index >= 15 is 0 Å². The topological polar surface area (TPSA) is 111 Å². The van der Waals surface area contributed by atoms with E-state index in [0.717, 1.165) is 11.3 Å². The summed E-state index contributed by atoms with van der Waals surface area (Å²) in [7, 11) is 1.70. The first-order valence-corrected chi connectivity index (χ1v) is 10.7. The van der Waals surface area contributed by atoms with Crippen LogP contribution in [0.25, 0.3) is 0 Å². The maximum Gasteiger partial charge on any atom is 0.414 e. The van der Waals surface area contributed by atoms with Crippen molar-refractivity contribution in [2.45, 2.75) is 39.2 Å². The van der Waals surface area contributed by atoms with E-state index in [2.05, 4.69) is 10.4 Å². The van der Waals surface area contributed by atoms with E-state index in [1.807, 2.05) is 13.0 Å². The summed E-state index contributed by atoms with van der Waals surface area (Å²) in [5.41, 5.74) is 3.15. The number of hydrogen-bond donors (Lipinski definition) is 1. The molecule has 9 heteroatoms. The number of ether oxygens (including phenoxy) is 1. The standard InChI is InChI=1S/C23H26N4O5/c1-13-9-20(26(3)25-13)22(30)19-6-4-5-15-10-16(7-8-18(15)21(19)29)27-12-17(32-23(27)31)11-24-14(2)28/h7-10,17,19H,4-6,11-12H2,1-3H3,(H,24,28)/t17-,19+/m0/s1. The molecule has 1 aromatic carbocycles. The molecule has 0 bridgehead atoms. The van der Waals surface area contributed by atoms with Gasteiger partial charge in [0.25, 0.3) is 0 Å². The summed E-state index contributed by atoms with van der Waals surface area (Å²) in [6, 6.07) is 6.94. The number of amides is 2. The second-order valence-electron chi connectivity index (χ2n) is 8.36. The van der Waals surface area contributed by atoms with Crippen LogP contribution in [0.3, 0.4) is 0 Å². The second-order valence-corrected chi connectivity index (χ2v) is 8.36. The maximum absolute atomic E-state index is 13.3. The van der Waals surface area contributed by atoms with Crippen LogP contribution in [0.4, 0.5) is 10.5 Å². The zero-order chi connectivity index (χ0) is 23.0. The van der Waals surface area contributed by atoms with Gasteiger partial charge in [0.15, 0.2) is 11.6 Å². The number of ketones is 2. The lowest BCUT2D eigenvalue weighted by Gasteiger charge is -2.16. The molecule has 0 radical (unpaired) electrons. The number of aryl methyl sites for hydroxylation is 3. The molecule has 0 spiro atoms. The van der Waals surface area contributed by atoms with Gasteiger partial charge in [-0.2, -0.15) is 5.10 Å². The van der Waals surface area contributed by atoms with Crippen molar-refractivity contribution in [1.29, 1.82) is 0 Å². The van der Waals surface area contributed by atoms with Crippen LogP contribution in [0.1, 0.15) is 51.9 Å². The highest BCUT2D eigenvalue weighted by molar-refractivity contribution is 6.16. The molecule has 9 nitrogen and oxygen atoms in total. The van der Waals surface area contributed by atoms with Crippen LogP contribution in [-0.2, 0) is 23.0 Å². The van der Waals surface area contributed by atoms with Gasteiger partial charge < -0.3 is 10.1 Å². The van der Waals surface area contributed by atoms with Crippen LogP contribution in [0.15, 0.2) is 24.3 Å². The highest BCUT2D eigenvalue weighted by atomic mass is 16.6. The zero-order valence-electron chi connectivity index (χ0n) is 18.4. The molecule has 4 rings (SSSR count). The van der Waals surface area contributed by atoms with Gasteiger partial charge in [-0.3, -0.25) is 24.0 Å². The predicted octanol–water partition coefficient (Wildman–Crippen LogP) is 2.21. The zero-order valence-corrected chi connectivity index (χ0v) is 18.4. The third-order valence-corrected chi connectivity index (χ3v) is 5.95. The van der Waals surface area contributed by atoms with Gasteiger partial charge in [0.05, 0.1) is 24.7 Å². The van der Waals surface area contributed by atoms with Gasteiger partial charge in [0, 0.05) is 25.2 Å². The van der Waals surface area contributed by atoms with Gasteiger partial charge in [-0.1, -0.05) is 0 Å². The summed E-state index contributed by atoms with van der Waals surface area (Å²) < 4.78 is 6.86. The van der Waals surface area contributed by atoms with E-state index in [9.17, 15) is 19.2 Å². The van der Waals surface area contributed by atoms with Crippen molar-refractivity contribution in [1.82, 2.24) is 15.1 Å². The minimum atomic E-state index is -0.740. The second kappa shape index (κ2) is 8.57. The average molecular weight is 438 g/mol. The molecule has 2 aliphatic rings. The first kappa shape index (κ1) is 21.7. The van der Waals surface area contributed by atoms with Gasteiger partial charge in [-0.25, -0.2) is 4.79 Å².